The van der Waals surface area contributed by atoms with Crippen LogP contribution >= 0.6 is 0 Å². The molecular weight excluding hydrogens is 332 g/mol. The Morgan fingerprint density at radius 1 is 1.19 bits per heavy atom. The first kappa shape index (κ1) is 16.4. The molecule has 0 fully saturated rings. The van der Waals surface area contributed by atoms with E-state index in [0.29, 0.717) is 18.8 Å². The molecule has 6 nitrogen and oxygen atoms in total. The molecule has 1 unspecified atom stereocenters. The van der Waals surface area contributed by atoms with E-state index in [1.807, 2.05) is 49.4 Å². The Bertz CT molecular complexity index is 861. The van der Waals surface area contributed by atoms with Crippen molar-refractivity contribution in [1.29, 1.82) is 0 Å². The minimum Gasteiger partial charge on any atom is -0.494 e. The summed E-state index contributed by atoms with van der Waals surface area (Å²) in [6.45, 7) is 4.35. The smallest absolute Gasteiger partial charge is 0.240 e. The highest BCUT2D eigenvalue weighted by atomic mass is 16.7. The maximum absolute atomic E-state index is 12.1. The summed E-state index contributed by atoms with van der Waals surface area (Å²) in [5, 5.41) is 6.12. The molecule has 1 amide bonds. The minimum atomic E-state index is -0.122. The number of rotatable bonds is 4. The van der Waals surface area contributed by atoms with Crippen LogP contribution in [0.25, 0.3) is 0 Å². The lowest BCUT2D eigenvalue weighted by molar-refractivity contribution is -0.130. The molecule has 6 heteroatoms. The molecule has 0 N–H and O–H groups in total. The number of carbonyl (C=O) groups excluding carboxylic acids is 1. The quantitative estimate of drug-likeness (QED) is 0.845. The normalized spacial score (nSPS) is 18.0. The van der Waals surface area contributed by atoms with Crippen LogP contribution in [0.1, 0.15) is 37.4 Å². The van der Waals surface area contributed by atoms with Gasteiger partial charge in [0.15, 0.2) is 11.5 Å². The van der Waals surface area contributed by atoms with Crippen LogP contribution in [0.15, 0.2) is 47.6 Å². The van der Waals surface area contributed by atoms with Crippen LogP contribution in [0.4, 0.5) is 0 Å². The predicted octanol–water partition coefficient (Wildman–Crippen LogP) is 3.51. The highest BCUT2D eigenvalue weighted by Crippen LogP contribution is 2.37. The molecule has 2 aromatic carbocycles. The lowest BCUT2D eigenvalue weighted by atomic mass is 9.98. The van der Waals surface area contributed by atoms with Crippen molar-refractivity contribution >= 4 is 11.6 Å². The summed E-state index contributed by atoms with van der Waals surface area (Å²) < 4.78 is 16.3. The maximum Gasteiger partial charge on any atom is 0.240 e. The van der Waals surface area contributed by atoms with Crippen LogP contribution in [0.2, 0.25) is 0 Å². The zero-order valence-corrected chi connectivity index (χ0v) is 14.8. The van der Waals surface area contributed by atoms with E-state index in [1.54, 1.807) is 5.01 Å². The Morgan fingerprint density at radius 2 is 1.96 bits per heavy atom. The number of hydrazone groups is 1. The molecule has 2 aliphatic heterocycles. The third kappa shape index (κ3) is 2.98. The molecule has 4 rings (SSSR count). The van der Waals surface area contributed by atoms with Crippen molar-refractivity contribution < 1.29 is 19.0 Å². The molecule has 2 aromatic rings. The minimum absolute atomic E-state index is 0.0837. The average molecular weight is 352 g/mol. The zero-order chi connectivity index (χ0) is 18.1. The van der Waals surface area contributed by atoms with Gasteiger partial charge in [0.2, 0.25) is 12.7 Å². The summed E-state index contributed by atoms with van der Waals surface area (Å²) in [6.07, 6.45) is 0.646. The van der Waals surface area contributed by atoms with Gasteiger partial charge in [0.1, 0.15) is 5.75 Å². The van der Waals surface area contributed by atoms with E-state index in [1.165, 1.54) is 6.92 Å². The first-order chi connectivity index (χ1) is 12.7. The van der Waals surface area contributed by atoms with Gasteiger partial charge >= 0.3 is 0 Å². The van der Waals surface area contributed by atoms with E-state index < -0.39 is 0 Å². The molecular formula is C20H20N2O4. The number of carbonyl (C=O) groups is 1. The van der Waals surface area contributed by atoms with Crippen LogP contribution in [0.5, 0.6) is 17.2 Å². The van der Waals surface area contributed by atoms with E-state index in [9.17, 15) is 4.79 Å². The van der Waals surface area contributed by atoms with Gasteiger partial charge in [-0.15, -0.1) is 0 Å². The number of nitrogens with zero attached hydrogens (tertiary/aromatic N) is 2. The SMILES string of the molecule is CCOc1ccc(C2CC(c3ccc4c(c3)OCO4)=NN2C(C)=O)cc1. The van der Waals surface area contributed by atoms with Crippen LogP contribution < -0.4 is 14.2 Å². The molecule has 1 atom stereocenters. The van der Waals surface area contributed by atoms with Gasteiger partial charge in [-0.3, -0.25) is 4.79 Å². The van der Waals surface area contributed by atoms with Crippen molar-refractivity contribution in [3.05, 3.63) is 53.6 Å². The largest absolute Gasteiger partial charge is 0.494 e. The van der Waals surface area contributed by atoms with Crippen molar-refractivity contribution in [1.82, 2.24) is 5.01 Å². The number of hydrogen-bond acceptors (Lipinski definition) is 5. The molecule has 134 valence electrons. The molecule has 0 saturated carbocycles. The Balaban J connectivity index is 1.61. The number of ether oxygens (including phenoxy) is 3. The van der Waals surface area contributed by atoms with Crippen molar-refractivity contribution in [3.8, 4) is 17.2 Å². The Hall–Kier alpha value is -3.02. The van der Waals surface area contributed by atoms with Gasteiger partial charge in [-0.05, 0) is 42.8 Å². The molecule has 2 aliphatic rings. The standard InChI is InChI=1S/C20H20N2O4/c1-3-24-16-7-4-14(5-8-16)18-11-17(21-22(18)13(2)23)15-6-9-19-20(10-15)26-12-25-19/h4-10,18H,3,11-12H2,1-2H3. The van der Waals surface area contributed by atoms with Crippen molar-refractivity contribution in [2.75, 3.05) is 13.4 Å². The van der Waals surface area contributed by atoms with E-state index in [4.69, 9.17) is 14.2 Å². The van der Waals surface area contributed by atoms with E-state index in [-0.39, 0.29) is 18.7 Å². The molecule has 0 aliphatic carbocycles. The third-order valence-electron chi connectivity index (χ3n) is 4.51. The van der Waals surface area contributed by atoms with E-state index in [0.717, 1.165) is 28.3 Å². The lowest BCUT2D eigenvalue weighted by Gasteiger charge is -2.20. The average Bonchev–Trinajstić information content (AvgIpc) is 3.29. The highest BCUT2D eigenvalue weighted by molar-refractivity contribution is 6.03. The summed E-state index contributed by atoms with van der Waals surface area (Å²) >= 11 is 0. The van der Waals surface area contributed by atoms with Gasteiger partial charge in [0.05, 0.1) is 18.4 Å². The lowest BCUT2D eigenvalue weighted by Crippen LogP contribution is -2.24. The molecule has 26 heavy (non-hydrogen) atoms. The summed E-state index contributed by atoms with van der Waals surface area (Å²) in [5.74, 6) is 2.18. The molecule has 2 heterocycles. The molecule has 0 aromatic heterocycles. The third-order valence-corrected chi connectivity index (χ3v) is 4.51. The molecule has 0 saturated heterocycles. The van der Waals surface area contributed by atoms with Crippen LogP contribution in [0, 0.1) is 0 Å². The second kappa shape index (κ2) is 6.71. The Labute approximate surface area is 152 Å². The summed E-state index contributed by atoms with van der Waals surface area (Å²) in [4.78, 5) is 12.1. The second-order valence-corrected chi connectivity index (χ2v) is 6.20. The Morgan fingerprint density at radius 3 is 2.69 bits per heavy atom. The Kier molecular flexibility index (Phi) is 4.24. The van der Waals surface area contributed by atoms with E-state index in [2.05, 4.69) is 5.10 Å². The first-order valence-corrected chi connectivity index (χ1v) is 8.65. The number of fused-ring (bicyclic) bond motifs is 1. The fraction of sp³-hybridized carbons (Fsp3) is 0.300. The maximum atomic E-state index is 12.1. The molecule has 0 radical (unpaired) electrons. The van der Waals surface area contributed by atoms with Crippen LogP contribution in [-0.4, -0.2) is 30.0 Å². The van der Waals surface area contributed by atoms with Crippen molar-refractivity contribution in [2.45, 2.75) is 26.3 Å². The number of hydrogen-bond donors (Lipinski definition) is 0. The summed E-state index contributed by atoms with van der Waals surface area (Å²) in [6, 6.07) is 13.5. The predicted molar refractivity (Wildman–Crippen MR) is 96.6 cm³/mol. The van der Waals surface area contributed by atoms with Crippen LogP contribution in [0.3, 0.4) is 0 Å². The van der Waals surface area contributed by atoms with Gasteiger partial charge in [0, 0.05) is 18.9 Å². The topological polar surface area (TPSA) is 60.4 Å². The van der Waals surface area contributed by atoms with Crippen molar-refractivity contribution in [3.63, 3.8) is 0 Å². The number of amides is 1. The monoisotopic (exact) mass is 352 g/mol. The van der Waals surface area contributed by atoms with Crippen LogP contribution in [-0.2, 0) is 4.79 Å². The zero-order valence-electron chi connectivity index (χ0n) is 14.8. The van der Waals surface area contributed by atoms with Gasteiger partial charge in [-0.1, -0.05) is 12.1 Å². The highest BCUT2D eigenvalue weighted by Gasteiger charge is 2.32. The summed E-state index contributed by atoms with van der Waals surface area (Å²) in [5.41, 5.74) is 2.83. The van der Waals surface area contributed by atoms with Gasteiger partial charge in [-0.2, -0.15) is 5.10 Å². The second-order valence-electron chi connectivity index (χ2n) is 6.20. The van der Waals surface area contributed by atoms with Gasteiger partial charge < -0.3 is 14.2 Å². The first-order valence-electron chi connectivity index (χ1n) is 8.65. The number of benzene rings is 2. The fourth-order valence-corrected chi connectivity index (χ4v) is 3.26. The molecule has 0 bridgehead atoms. The van der Waals surface area contributed by atoms with Gasteiger partial charge in [-0.25, -0.2) is 5.01 Å². The van der Waals surface area contributed by atoms with E-state index >= 15 is 0 Å². The fourth-order valence-electron chi connectivity index (χ4n) is 3.26. The van der Waals surface area contributed by atoms with Gasteiger partial charge in [0.25, 0.3) is 0 Å². The molecule has 0 spiro atoms. The van der Waals surface area contributed by atoms with Crippen molar-refractivity contribution in [2.24, 2.45) is 5.10 Å². The summed E-state index contributed by atoms with van der Waals surface area (Å²) in [7, 11) is 0.